The third-order valence-corrected chi connectivity index (χ3v) is 6.21. The molecule has 0 spiro atoms. The first-order valence-electron chi connectivity index (χ1n) is 6.62. The fourth-order valence-corrected chi connectivity index (χ4v) is 4.91. The van der Waals surface area contributed by atoms with Gasteiger partial charge in [-0.25, -0.2) is 0 Å². The molecule has 0 nitrogen and oxygen atoms in total. The van der Waals surface area contributed by atoms with E-state index in [1.807, 2.05) is 0 Å². The molecule has 1 rings (SSSR count). The molecule has 0 aromatic carbocycles. The van der Waals surface area contributed by atoms with Crippen LogP contribution in [-0.4, -0.2) is 10.5 Å². The minimum Gasteiger partial charge on any atom is -0.155 e. The number of hydrogen-bond donors (Lipinski definition) is 0. The van der Waals surface area contributed by atoms with Gasteiger partial charge in [0.25, 0.3) is 0 Å². The highest BCUT2D eigenvalue weighted by atomic mass is 32.2. The maximum absolute atomic E-state index is 2.47. The maximum atomic E-state index is 2.47. The van der Waals surface area contributed by atoms with E-state index in [2.05, 4.69) is 53.3 Å². The van der Waals surface area contributed by atoms with Gasteiger partial charge in [0, 0.05) is 10.5 Å². The van der Waals surface area contributed by atoms with E-state index >= 15 is 0 Å². The molecule has 1 heteroatoms. The van der Waals surface area contributed by atoms with Gasteiger partial charge in [-0.15, -0.1) is 0 Å². The molecule has 0 aromatic rings. The second-order valence-electron chi connectivity index (χ2n) is 5.82. The standard InChI is InChI=1S/C14H28S/c1-7-13(8-9(2)3)14-11(5)10(4)12(6)15-14/h9-14H,7-8H2,1-6H3. The molecule has 1 fully saturated rings. The van der Waals surface area contributed by atoms with Crippen molar-refractivity contribution < 1.29 is 0 Å². The quantitative estimate of drug-likeness (QED) is 0.664. The fraction of sp³-hybridized carbons (Fsp3) is 1.00. The Bertz CT molecular complexity index is 188. The Morgan fingerprint density at radius 2 is 1.67 bits per heavy atom. The first-order valence-corrected chi connectivity index (χ1v) is 7.57. The molecule has 0 aliphatic carbocycles. The van der Waals surface area contributed by atoms with Gasteiger partial charge in [-0.1, -0.05) is 48.0 Å². The van der Waals surface area contributed by atoms with E-state index in [1.54, 1.807) is 0 Å². The molecule has 5 atom stereocenters. The molecule has 5 unspecified atom stereocenters. The summed E-state index contributed by atoms with van der Waals surface area (Å²) in [5.74, 6) is 3.61. The van der Waals surface area contributed by atoms with E-state index in [0.29, 0.717) is 0 Å². The van der Waals surface area contributed by atoms with E-state index in [0.717, 1.165) is 34.2 Å². The van der Waals surface area contributed by atoms with Gasteiger partial charge in [0.15, 0.2) is 0 Å². The smallest absolute Gasteiger partial charge is 0.0107 e. The van der Waals surface area contributed by atoms with Crippen LogP contribution in [0.15, 0.2) is 0 Å². The van der Waals surface area contributed by atoms with Crippen LogP contribution in [0.25, 0.3) is 0 Å². The lowest BCUT2D eigenvalue weighted by atomic mass is 9.81. The first kappa shape index (κ1) is 13.4. The van der Waals surface area contributed by atoms with E-state index < -0.39 is 0 Å². The van der Waals surface area contributed by atoms with Crippen molar-refractivity contribution in [1.29, 1.82) is 0 Å². The van der Waals surface area contributed by atoms with Gasteiger partial charge in [-0.3, -0.25) is 0 Å². The minimum atomic E-state index is 0.856. The monoisotopic (exact) mass is 228 g/mol. The fourth-order valence-electron chi connectivity index (χ4n) is 2.90. The molecule has 0 amide bonds. The van der Waals surface area contributed by atoms with Crippen molar-refractivity contribution in [3.63, 3.8) is 0 Å². The Kier molecular flexibility index (Phi) is 5.02. The largest absolute Gasteiger partial charge is 0.155 e. The predicted molar refractivity (Wildman–Crippen MR) is 72.4 cm³/mol. The Morgan fingerprint density at radius 3 is 2.00 bits per heavy atom. The van der Waals surface area contributed by atoms with Crippen LogP contribution in [0.4, 0.5) is 0 Å². The number of thioether (sulfide) groups is 1. The summed E-state index contributed by atoms with van der Waals surface area (Å²) >= 11 is 2.26. The zero-order valence-electron chi connectivity index (χ0n) is 11.3. The van der Waals surface area contributed by atoms with Gasteiger partial charge >= 0.3 is 0 Å². The van der Waals surface area contributed by atoms with Crippen LogP contribution in [-0.2, 0) is 0 Å². The average molecular weight is 228 g/mol. The summed E-state index contributed by atoms with van der Waals surface area (Å²) in [6.07, 6.45) is 2.78. The Hall–Kier alpha value is 0.350. The van der Waals surface area contributed by atoms with Crippen molar-refractivity contribution in [1.82, 2.24) is 0 Å². The molecule has 0 radical (unpaired) electrons. The second kappa shape index (κ2) is 5.61. The highest BCUT2D eigenvalue weighted by Crippen LogP contribution is 2.47. The van der Waals surface area contributed by atoms with Gasteiger partial charge in [0.05, 0.1) is 0 Å². The molecule has 90 valence electrons. The summed E-state index contributed by atoms with van der Waals surface area (Å²) in [6.45, 7) is 14.4. The summed E-state index contributed by atoms with van der Waals surface area (Å²) < 4.78 is 0. The molecule has 0 N–H and O–H groups in total. The summed E-state index contributed by atoms with van der Waals surface area (Å²) in [7, 11) is 0. The normalized spacial score (nSPS) is 38.6. The van der Waals surface area contributed by atoms with Crippen molar-refractivity contribution in [3.05, 3.63) is 0 Å². The van der Waals surface area contributed by atoms with Crippen molar-refractivity contribution in [2.24, 2.45) is 23.7 Å². The Morgan fingerprint density at radius 1 is 1.07 bits per heavy atom. The van der Waals surface area contributed by atoms with Gasteiger partial charge in [-0.05, 0) is 30.1 Å². The van der Waals surface area contributed by atoms with Crippen LogP contribution in [0, 0.1) is 23.7 Å². The topological polar surface area (TPSA) is 0 Å². The van der Waals surface area contributed by atoms with Gasteiger partial charge in [0.2, 0.25) is 0 Å². The maximum Gasteiger partial charge on any atom is 0.0107 e. The van der Waals surface area contributed by atoms with Gasteiger partial charge in [-0.2, -0.15) is 11.8 Å². The van der Waals surface area contributed by atoms with Crippen LogP contribution in [0.1, 0.15) is 54.4 Å². The van der Waals surface area contributed by atoms with E-state index in [1.165, 1.54) is 12.8 Å². The first-order chi connectivity index (χ1) is 6.97. The van der Waals surface area contributed by atoms with Gasteiger partial charge < -0.3 is 0 Å². The molecule has 1 saturated heterocycles. The molecule has 15 heavy (non-hydrogen) atoms. The van der Waals surface area contributed by atoms with Crippen LogP contribution >= 0.6 is 11.8 Å². The average Bonchev–Trinajstić information content (AvgIpc) is 2.42. The Labute approximate surface area is 101 Å². The highest BCUT2D eigenvalue weighted by molar-refractivity contribution is 8.00. The molecule has 0 aromatic heterocycles. The molecule has 1 heterocycles. The third-order valence-electron chi connectivity index (χ3n) is 4.22. The summed E-state index contributed by atoms with van der Waals surface area (Å²) in [6, 6.07) is 0. The molecule has 1 aliphatic rings. The van der Waals surface area contributed by atoms with E-state index in [9.17, 15) is 0 Å². The van der Waals surface area contributed by atoms with E-state index in [-0.39, 0.29) is 0 Å². The van der Waals surface area contributed by atoms with Crippen molar-refractivity contribution in [2.75, 3.05) is 0 Å². The van der Waals surface area contributed by atoms with Crippen molar-refractivity contribution >= 4 is 11.8 Å². The zero-order chi connectivity index (χ0) is 11.6. The lowest BCUT2D eigenvalue weighted by molar-refractivity contribution is 0.301. The zero-order valence-corrected chi connectivity index (χ0v) is 12.1. The number of hydrogen-bond acceptors (Lipinski definition) is 1. The lowest BCUT2D eigenvalue weighted by Crippen LogP contribution is -2.24. The van der Waals surface area contributed by atoms with E-state index in [4.69, 9.17) is 0 Å². The third kappa shape index (κ3) is 3.15. The summed E-state index contributed by atoms with van der Waals surface area (Å²) in [5.41, 5.74) is 0. The second-order valence-corrected chi connectivity index (χ2v) is 7.38. The number of rotatable bonds is 4. The van der Waals surface area contributed by atoms with Crippen LogP contribution in [0.3, 0.4) is 0 Å². The molecule has 0 saturated carbocycles. The molecular weight excluding hydrogens is 200 g/mol. The van der Waals surface area contributed by atoms with Crippen LogP contribution in [0.2, 0.25) is 0 Å². The van der Waals surface area contributed by atoms with Gasteiger partial charge in [0.1, 0.15) is 0 Å². The molecule has 0 bridgehead atoms. The minimum absolute atomic E-state index is 0.856. The van der Waals surface area contributed by atoms with Crippen LogP contribution < -0.4 is 0 Å². The predicted octanol–water partition coefficient (Wildman–Crippen LogP) is 4.83. The Balaban J connectivity index is 2.61. The summed E-state index contributed by atoms with van der Waals surface area (Å²) in [5, 5.41) is 1.79. The SMILES string of the molecule is CCC(CC(C)C)C1SC(C)C(C)C1C. The van der Waals surface area contributed by atoms with Crippen molar-refractivity contribution in [3.8, 4) is 0 Å². The lowest BCUT2D eigenvalue weighted by Gasteiger charge is -2.27. The molecule has 1 aliphatic heterocycles. The van der Waals surface area contributed by atoms with Crippen molar-refractivity contribution in [2.45, 2.75) is 64.9 Å². The highest BCUT2D eigenvalue weighted by Gasteiger charge is 2.39. The van der Waals surface area contributed by atoms with Crippen LogP contribution in [0.5, 0.6) is 0 Å². The summed E-state index contributed by atoms with van der Waals surface area (Å²) in [4.78, 5) is 0. The molecular formula is C14H28S.